The Morgan fingerprint density at radius 2 is 1.85 bits per heavy atom. The minimum absolute atomic E-state index is 0.173. The predicted octanol–water partition coefficient (Wildman–Crippen LogP) is 6.88. The van der Waals surface area contributed by atoms with E-state index in [0.717, 1.165) is 39.6 Å². The van der Waals surface area contributed by atoms with Crippen molar-refractivity contribution in [2.24, 2.45) is 0 Å². The van der Waals surface area contributed by atoms with Crippen LogP contribution in [0.5, 0.6) is 5.75 Å². The van der Waals surface area contributed by atoms with Crippen LogP contribution in [0.15, 0.2) is 48.7 Å². The standard InChI is InChI=1S/C29H28FNO3/c1-16-23(28(17(2)32)34-29(3,4)5)25(19-8-6-7-9-20(19)26(16)30)21-10-11-22-24-18(13-15-33-22)12-14-31-27(21)24/h6-12,14,28H,13,15H2,1-5H3/t28-/m1/s1. The van der Waals surface area contributed by atoms with E-state index in [-0.39, 0.29) is 11.6 Å². The van der Waals surface area contributed by atoms with Gasteiger partial charge in [0.25, 0.3) is 0 Å². The fourth-order valence-corrected chi connectivity index (χ4v) is 4.97. The maximum Gasteiger partial charge on any atom is 0.163 e. The molecule has 3 aromatic carbocycles. The Morgan fingerprint density at radius 1 is 1.12 bits per heavy atom. The number of hydrogen-bond acceptors (Lipinski definition) is 4. The molecule has 0 spiro atoms. The number of halogens is 1. The number of fused-ring (bicyclic) bond motifs is 1. The van der Waals surface area contributed by atoms with Crippen LogP contribution >= 0.6 is 0 Å². The number of carbonyl (C=O) groups excluding carboxylic acids is 1. The van der Waals surface area contributed by atoms with Gasteiger partial charge in [-0.05, 0) is 74.9 Å². The van der Waals surface area contributed by atoms with Gasteiger partial charge in [0.1, 0.15) is 17.7 Å². The van der Waals surface area contributed by atoms with Gasteiger partial charge in [-0.1, -0.05) is 24.3 Å². The smallest absolute Gasteiger partial charge is 0.163 e. The van der Waals surface area contributed by atoms with Crippen molar-refractivity contribution in [3.63, 3.8) is 0 Å². The van der Waals surface area contributed by atoms with Crippen molar-refractivity contribution in [1.82, 2.24) is 4.98 Å². The number of ether oxygens (including phenoxy) is 2. The first-order valence-corrected chi connectivity index (χ1v) is 11.6. The van der Waals surface area contributed by atoms with Crippen LogP contribution in [0.3, 0.4) is 0 Å². The molecular formula is C29H28FNO3. The molecular weight excluding hydrogens is 429 g/mol. The van der Waals surface area contributed by atoms with Crippen LogP contribution in [-0.4, -0.2) is 23.0 Å². The fraction of sp³-hybridized carbons (Fsp3) is 0.310. The van der Waals surface area contributed by atoms with E-state index in [0.29, 0.717) is 23.1 Å². The highest BCUT2D eigenvalue weighted by Gasteiger charge is 2.32. The molecule has 0 bridgehead atoms. The molecule has 1 aromatic heterocycles. The number of aromatic nitrogens is 1. The van der Waals surface area contributed by atoms with Crippen molar-refractivity contribution in [3.8, 4) is 16.9 Å². The maximum absolute atomic E-state index is 15.7. The van der Waals surface area contributed by atoms with Crippen LogP contribution in [0.1, 0.15) is 50.5 Å². The molecule has 4 nitrogen and oxygen atoms in total. The van der Waals surface area contributed by atoms with Gasteiger partial charge < -0.3 is 9.47 Å². The van der Waals surface area contributed by atoms with Gasteiger partial charge in [-0.15, -0.1) is 0 Å². The second-order valence-electron chi connectivity index (χ2n) is 9.90. The SMILES string of the molecule is CC(=O)[C@@H](OC(C)(C)C)c1c(C)c(F)c2ccccc2c1-c1ccc2c3c(ccnc13)CCO2. The molecule has 5 rings (SSSR count). The van der Waals surface area contributed by atoms with E-state index in [9.17, 15) is 4.79 Å². The van der Waals surface area contributed by atoms with Gasteiger partial charge in [0, 0.05) is 34.5 Å². The Kier molecular flexibility index (Phi) is 5.40. The molecule has 0 unspecified atom stereocenters. The number of rotatable bonds is 4. The first-order valence-electron chi connectivity index (χ1n) is 11.6. The van der Waals surface area contributed by atoms with Crippen LogP contribution in [0.2, 0.25) is 0 Å². The summed E-state index contributed by atoms with van der Waals surface area (Å²) in [5.41, 5.74) is 3.93. The molecule has 4 aromatic rings. The third-order valence-electron chi connectivity index (χ3n) is 6.38. The van der Waals surface area contributed by atoms with E-state index in [1.165, 1.54) is 12.5 Å². The number of ketones is 1. The van der Waals surface area contributed by atoms with E-state index in [4.69, 9.17) is 14.5 Å². The van der Waals surface area contributed by atoms with E-state index >= 15 is 4.39 Å². The number of hydrogen-bond donors (Lipinski definition) is 0. The van der Waals surface area contributed by atoms with Gasteiger partial charge in [0.05, 0.1) is 17.7 Å². The topological polar surface area (TPSA) is 48.4 Å². The summed E-state index contributed by atoms with van der Waals surface area (Å²) in [4.78, 5) is 17.7. The van der Waals surface area contributed by atoms with Gasteiger partial charge in [-0.3, -0.25) is 9.78 Å². The zero-order valence-electron chi connectivity index (χ0n) is 20.2. The highest BCUT2D eigenvalue weighted by Crippen LogP contribution is 2.46. The quantitative estimate of drug-likeness (QED) is 0.335. The van der Waals surface area contributed by atoms with Crippen molar-refractivity contribution < 1.29 is 18.7 Å². The lowest BCUT2D eigenvalue weighted by atomic mass is 9.84. The van der Waals surface area contributed by atoms with E-state index in [1.807, 2.05) is 63.4 Å². The fourth-order valence-electron chi connectivity index (χ4n) is 4.97. The molecule has 0 saturated heterocycles. The summed E-state index contributed by atoms with van der Waals surface area (Å²) in [6.07, 6.45) is 1.69. The number of pyridine rings is 1. The van der Waals surface area contributed by atoms with Gasteiger partial charge in [0.2, 0.25) is 0 Å². The molecule has 1 atom stereocenters. The molecule has 1 aliphatic rings. The van der Waals surface area contributed by atoms with Crippen molar-refractivity contribution in [2.45, 2.75) is 52.7 Å². The summed E-state index contributed by atoms with van der Waals surface area (Å²) in [7, 11) is 0. The summed E-state index contributed by atoms with van der Waals surface area (Å²) in [6, 6.07) is 13.3. The average molecular weight is 458 g/mol. The van der Waals surface area contributed by atoms with Crippen molar-refractivity contribution >= 4 is 27.5 Å². The number of nitrogens with zero attached hydrogens (tertiary/aromatic N) is 1. The molecule has 0 fully saturated rings. The van der Waals surface area contributed by atoms with Crippen molar-refractivity contribution in [2.75, 3.05) is 6.61 Å². The summed E-state index contributed by atoms with van der Waals surface area (Å²) in [5.74, 6) is 0.289. The van der Waals surface area contributed by atoms with Crippen LogP contribution < -0.4 is 4.74 Å². The lowest BCUT2D eigenvalue weighted by Gasteiger charge is -2.30. The molecule has 174 valence electrons. The van der Waals surface area contributed by atoms with E-state index < -0.39 is 11.7 Å². The van der Waals surface area contributed by atoms with Gasteiger partial charge in [-0.25, -0.2) is 4.39 Å². The van der Waals surface area contributed by atoms with Crippen LogP contribution in [0, 0.1) is 12.7 Å². The van der Waals surface area contributed by atoms with Crippen molar-refractivity contribution in [3.05, 3.63) is 71.2 Å². The van der Waals surface area contributed by atoms with Crippen molar-refractivity contribution in [1.29, 1.82) is 0 Å². The lowest BCUT2D eigenvalue weighted by Crippen LogP contribution is -2.27. The first-order chi connectivity index (χ1) is 16.2. The third-order valence-corrected chi connectivity index (χ3v) is 6.38. The van der Waals surface area contributed by atoms with E-state index in [1.54, 1.807) is 13.0 Å². The van der Waals surface area contributed by atoms with Gasteiger partial charge >= 0.3 is 0 Å². The molecule has 5 heteroatoms. The zero-order chi connectivity index (χ0) is 24.2. The molecule has 1 aliphatic heterocycles. The Labute approximate surface area is 198 Å². The van der Waals surface area contributed by atoms with Crippen LogP contribution in [0.4, 0.5) is 4.39 Å². The highest BCUT2D eigenvalue weighted by atomic mass is 19.1. The summed E-state index contributed by atoms with van der Waals surface area (Å²) in [6.45, 7) is 9.55. The number of carbonyl (C=O) groups is 1. The monoisotopic (exact) mass is 457 g/mol. The predicted molar refractivity (Wildman–Crippen MR) is 133 cm³/mol. The van der Waals surface area contributed by atoms with Gasteiger partial charge in [-0.2, -0.15) is 0 Å². The Morgan fingerprint density at radius 3 is 2.56 bits per heavy atom. The van der Waals surface area contributed by atoms with Gasteiger partial charge in [0.15, 0.2) is 5.78 Å². The number of Topliss-reactive ketones (excluding diaryl/α,β-unsaturated/α-hetero) is 1. The molecule has 2 heterocycles. The molecule has 0 aliphatic carbocycles. The molecule has 34 heavy (non-hydrogen) atoms. The molecule has 0 amide bonds. The summed E-state index contributed by atoms with van der Waals surface area (Å²) >= 11 is 0. The minimum Gasteiger partial charge on any atom is -0.493 e. The third kappa shape index (κ3) is 3.64. The largest absolute Gasteiger partial charge is 0.493 e. The lowest BCUT2D eigenvalue weighted by molar-refractivity contribution is -0.138. The summed E-state index contributed by atoms with van der Waals surface area (Å²) in [5, 5.41) is 2.21. The second-order valence-corrected chi connectivity index (χ2v) is 9.90. The Balaban J connectivity index is 1.94. The normalized spacial score (nSPS) is 14.3. The van der Waals surface area contributed by atoms with Crippen LogP contribution in [-0.2, 0) is 16.0 Å². The summed E-state index contributed by atoms with van der Waals surface area (Å²) < 4.78 is 27.9. The van der Waals surface area contributed by atoms with E-state index in [2.05, 4.69) is 0 Å². The minimum atomic E-state index is -0.920. The second kappa shape index (κ2) is 8.17. The number of benzene rings is 3. The van der Waals surface area contributed by atoms with Crippen LogP contribution in [0.25, 0.3) is 32.8 Å². The highest BCUT2D eigenvalue weighted by molar-refractivity contribution is 6.09. The molecule has 0 N–H and O–H groups in total. The Bertz CT molecular complexity index is 1440. The molecule has 0 saturated carbocycles. The maximum atomic E-state index is 15.7. The Hall–Kier alpha value is -3.31. The molecule has 0 radical (unpaired) electrons. The zero-order valence-corrected chi connectivity index (χ0v) is 20.2. The first kappa shape index (κ1) is 22.5. The average Bonchev–Trinajstić information content (AvgIpc) is 2.80.